The Balaban J connectivity index is 1.56. The van der Waals surface area contributed by atoms with E-state index in [1.165, 1.54) is 4.31 Å². The van der Waals surface area contributed by atoms with Gasteiger partial charge in [-0.3, -0.25) is 13.9 Å². The lowest BCUT2D eigenvalue weighted by Crippen LogP contribution is -2.36. The quantitative estimate of drug-likeness (QED) is 0.783. The van der Waals surface area contributed by atoms with E-state index in [4.69, 9.17) is 4.74 Å². The molecule has 2 aromatic rings. The number of carbonyl (C=O) groups excluding carboxylic acids is 2. The van der Waals surface area contributed by atoms with E-state index in [2.05, 4.69) is 5.32 Å². The van der Waals surface area contributed by atoms with Crippen LogP contribution in [0.25, 0.3) is 0 Å². The smallest absolute Gasteiger partial charge is 0.265 e. The summed E-state index contributed by atoms with van der Waals surface area (Å²) in [5.74, 6) is -0.206. The minimum absolute atomic E-state index is 0.108. The van der Waals surface area contributed by atoms with Crippen LogP contribution in [0.1, 0.15) is 29.6 Å². The molecule has 0 bridgehead atoms. The van der Waals surface area contributed by atoms with E-state index in [-0.39, 0.29) is 18.9 Å². The van der Waals surface area contributed by atoms with Gasteiger partial charge in [0.15, 0.2) is 6.10 Å². The maximum absolute atomic E-state index is 13.1. The molecule has 1 unspecified atom stereocenters. The summed E-state index contributed by atoms with van der Waals surface area (Å²) < 4.78 is 31.6. The predicted octanol–water partition coefficient (Wildman–Crippen LogP) is 2.48. The van der Waals surface area contributed by atoms with Crippen molar-refractivity contribution in [3.63, 3.8) is 0 Å². The zero-order valence-corrected chi connectivity index (χ0v) is 18.1. The summed E-state index contributed by atoms with van der Waals surface area (Å²) in [7, 11) is -3.53. The van der Waals surface area contributed by atoms with Gasteiger partial charge in [-0.15, -0.1) is 0 Å². The summed E-state index contributed by atoms with van der Waals surface area (Å²) >= 11 is 0. The molecule has 2 amide bonds. The van der Waals surface area contributed by atoms with Crippen molar-refractivity contribution in [2.75, 3.05) is 35.5 Å². The Hall–Kier alpha value is -3.07. The van der Waals surface area contributed by atoms with Crippen LogP contribution >= 0.6 is 0 Å². The Kier molecular flexibility index (Phi) is 5.86. The minimum atomic E-state index is -3.53. The fourth-order valence-corrected chi connectivity index (χ4v) is 4.89. The van der Waals surface area contributed by atoms with Crippen LogP contribution in [-0.2, 0) is 14.8 Å². The molecule has 0 saturated carbocycles. The third-order valence-corrected chi connectivity index (χ3v) is 6.68. The number of anilines is 2. The molecule has 2 heterocycles. The molecule has 0 spiro atoms. The van der Waals surface area contributed by atoms with Crippen LogP contribution < -0.4 is 14.4 Å². The van der Waals surface area contributed by atoms with Crippen molar-refractivity contribution in [3.05, 3.63) is 54.1 Å². The zero-order valence-electron chi connectivity index (χ0n) is 17.3. The summed E-state index contributed by atoms with van der Waals surface area (Å²) in [4.78, 5) is 27.7. The first-order valence-corrected chi connectivity index (χ1v) is 12.1. The molecule has 0 aromatic heterocycles. The number of carbonyl (C=O) groups is 2. The number of nitrogens with one attached hydrogen (secondary N) is 1. The lowest BCUT2D eigenvalue weighted by atomic mass is 10.1. The summed E-state index contributed by atoms with van der Waals surface area (Å²) in [6.45, 7) is 1.54. The molecule has 1 N–H and O–H groups in total. The molecule has 2 aliphatic rings. The number of benzene rings is 2. The van der Waals surface area contributed by atoms with Crippen LogP contribution in [0.15, 0.2) is 48.5 Å². The monoisotopic (exact) mass is 443 g/mol. The Morgan fingerprint density at radius 1 is 1.00 bits per heavy atom. The molecule has 1 fully saturated rings. The lowest BCUT2D eigenvalue weighted by Gasteiger charge is -2.20. The van der Waals surface area contributed by atoms with Crippen molar-refractivity contribution in [1.82, 2.24) is 4.90 Å². The van der Waals surface area contributed by atoms with Crippen LogP contribution in [0.3, 0.4) is 0 Å². The second-order valence-electron chi connectivity index (χ2n) is 7.73. The Labute approximate surface area is 181 Å². The molecule has 4 rings (SSSR count). The summed E-state index contributed by atoms with van der Waals surface area (Å²) in [6.07, 6.45) is 2.36. The van der Waals surface area contributed by atoms with Gasteiger partial charge < -0.3 is 15.0 Å². The molecular weight excluding hydrogens is 418 g/mol. The molecule has 31 heavy (non-hydrogen) atoms. The largest absolute Gasteiger partial charge is 0.478 e. The van der Waals surface area contributed by atoms with Gasteiger partial charge in [-0.2, -0.15) is 0 Å². The molecule has 2 aromatic carbocycles. The molecule has 2 aliphatic heterocycles. The second kappa shape index (κ2) is 8.58. The zero-order chi connectivity index (χ0) is 22.0. The van der Waals surface area contributed by atoms with Gasteiger partial charge in [0.05, 0.1) is 23.2 Å². The number of rotatable bonds is 4. The average Bonchev–Trinajstić information content (AvgIpc) is 3.20. The SMILES string of the molecule is CS(=O)(=O)N1CCC(C(=O)Nc2ccccc2C(=O)N2CCCC2)Oc2ccccc21. The van der Waals surface area contributed by atoms with E-state index in [1.54, 1.807) is 53.4 Å². The number of fused-ring (bicyclic) bond motifs is 1. The van der Waals surface area contributed by atoms with Crippen molar-refractivity contribution in [2.45, 2.75) is 25.4 Å². The molecule has 0 aliphatic carbocycles. The first-order valence-electron chi connectivity index (χ1n) is 10.3. The van der Waals surface area contributed by atoms with E-state index in [0.29, 0.717) is 35.8 Å². The highest BCUT2D eigenvalue weighted by atomic mass is 32.2. The number of hydrogen-bond donors (Lipinski definition) is 1. The average molecular weight is 444 g/mol. The predicted molar refractivity (Wildman–Crippen MR) is 118 cm³/mol. The number of hydrogen-bond acceptors (Lipinski definition) is 5. The van der Waals surface area contributed by atoms with Crippen molar-refractivity contribution in [2.24, 2.45) is 0 Å². The van der Waals surface area contributed by atoms with Crippen LogP contribution in [0.4, 0.5) is 11.4 Å². The summed E-state index contributed by atoms with van der Waals surface area (Å²) in [5, 5.41) is 2.82. The van der Waals surface area contributed by atoms with Gasteiger partial charge in [0.1, 0.15) is 5.75 Å². The molecule has 1 atom stereocenters. The summed E-state index contributed by atoms with van der Waals surface area (Å²) in [5.41, 5.74) is 1.26. The third-order valence-electron chi connectivity index (χ3n) is 5.50. The highest BCUT2D eigenvalue weighted by Gasteiger charge is 2.32. The van der Waals surface area contributed by atoms with Crippen LogP contribution in [0, 0.1) is 0 Å². The molecule has 8 nitrogen and oxygen atoms in total. The van der Waals surface area contributed by atoms with Gasteiger partial charge in [0.2, 0.25) is 10.0 Å². The number of para-hydroxylation sites is 3. The molecule has 1 saturated heterocycles. The third kappa shape index (κ3) is 4.51. The number of nitrogens with zero attached hydrogens (tertiary/aromatic N) is 2. The van der Waals surface area contributed by atoms with Crippen molar-refractivity contribution in [1.29, 1.82) is 0 Å². The van der Waals surface area contributed by atoms with E-state index < -0.39 is 22.0 Å². The number of likely N-dealkylation sites (tertiary alicyclic amines) is 1. The molecule has 0 radical (unpaired) electrons. The Morgan fingerprint density at radius 2 is 1.68 bits per heavy atom. The van der Waals surface area contributed by atoms with Crippen molar-refractivity contribution >= 4 is 33.2 Å². The van der Waals surface area contributed by atoms with Crippen molar-refractivity contribution < 1.29 is 22.7 Å². The van der Waals surface area contributed by atoms with E-state index in [1.807, 2.05) is 0 Å². The molecule has 9 heteroatoms. The van der Waals surface area contributed by atoms with Crippen LogP contribution in [0.5, 0.6) is 5.75 Å². The van der Waals surface area contributed by atoms with Crippen molar-refractivity contribution in [3.8, 4) is 5.75 Å². The van der Waals surface area contributed by atoms with E-state index >= 15 is 0 Å². The van der Waals surface area contributed by atoms with Gasteiger partial charge >= 0.3 is 0 Å². The fourth-order valence-electron chi connectivity index (χ4n) is 3.94. The first kappa shape index (κ1) is 21.2. The summed E-state index contributed by atoms with van der Waals surface area (Å²) in [6, 6.07) is 13.7. The molecular formula is C22H25N3O5S. The number of amides is 2. The number of ether oxygens (including phenoxy) is 1. The van der Waals surface area contributed by atoms with Gasteiger partial charge in [0, 0.05) is 26.1 Å². The molecule has 164 valence electrons. The lowest BCUT2D eigenvalue weighted by molar-refractivity contribution is -0.122. The maximum atomic E-state index is 13.1. The van der Waals surface area contributed by atoms with Crippen LogP contribution in [0.2, 0.25) is 0 Å². The van der Waals surface area contributed by atoms with Gasteiger partial charge in [-0.25, -0.2) is 8.42 Å². The topological polar surface area (TPSA) is 96.0 Å². The highest BCUT2D eigenvalue weighted by Crippen LogP contribution is 2.34. The highest BCUT2D eigenvalue weighted by molar-refractivity contribution is 7.92. The normalized spacial score (nSPS) is 18.7. The van der Waals surface area contributed by atoms with E-state index in [0.717, 1.165) is 19.1 Å². The standard InChI is InChI=1S/C22H25N3O5S/c1-31(28,29)25-15-12-20(30-19-11-5-4-10-18(19)25)21(26)23-17-9-3-2-8-16(17)22(27)24-13-6-7-14-24/h2-5,8-11,20H,6-7,12-15H2,1H3,(H,23,26). The van der Waals surface area contributed by atoms with Gasteiger partial charge in [-0.05, 0) is 37.1 Å². The Bertz CT molecular complexity index is 1100. The Morgan fingerprint density at radius 3 is 2.42 bits per heavy atom. The maximum Gasteiger partial charge on any atom is 0.265 e. The fraction of sp³-hybridized carbons (Fsp3) is 0.364. The first-order chi connectivity index (χ1) is 14.8. The van der Waals surface area contributed by atoms with Gasteiger partial charge in [-0.1, -0.05) is 24.3 Å². The van der Waals surface area contributed by atoms with E-state index in [9.17, 15) is 18.0 Å². The number of sulfonamides is 1. The van der Waals surface area contributed by atoms with Gasteiger partial charge in [0.25, 0.3) is 11.8 Å². The second-order valence-corrected chi connectivity index (χ2v) is 9.64. The minimum Gasteiger partial charge on any atom is -0.478 e. The van der Waals surface area contributed by atoms with Crippen LogP contribution in [-0.4, -0.2) is 57.1 Å².